The average molecular weight is 331 g/mol. The van der Waals surface area contributed by atoms with Gasteiger partial charge in [0.2, 0.25) is 0 Å². The highest BCUT2D eigenvalue weighted by molar-refractivity contribution is 9.10. The highest BCUT2D eigenvalue weighted by Crippen LogP contribution is 2.19. The molecule has 0 fully saturated rings. The van der Waals surface area contributed by atoms with E-state index < -0.39 is 0 Å². The molecule has 0 aliphatic carbocycles. The molecule has 0 saturated heterocycles. The van der Waals surface area contributed by atoms with E-state index in [0.717, 1.165) is 34.2 Å². The van der Waals surface area contributed by atoms with Crippen molar-refractivity contribution in [3.05, 3.63) is 64.3 Å². The molecule has 102 valence electrons. The van der Waals surface area contributed by atoms with Crippen LogP contribution < -0.4 is 0 Å². The van der Waals surface area contributed by atoms with Crippen LogP contribution in [0.25, 0.3) is 11.0 Å². The highest BCUT2D eigenvalue weighted by Gasteiger charge is 2.10. The Bertz CT molecular complexity index is 706. The van der Waals surface area contributed by atoms with Crippen LogP contribution in [0.5, 0.6) is 0 Å². The maximum Gasteiger partial charge on any atom is 0.167 e. The molecule has 0 atom stereocenters. The van der Waals surface area contributed by atoms with Gasteiger partial charge in [0.25, 0.3) is 0 Å². The first-order valence-electron chi connectivity index (χ1n) is 6.48. The molecule has 0 amide bonds. The number of halogens is 1. The molecule has 4 heteroatoms. The second-order valence-corrected chi connectivity index (χ2v) is 5.84. The molecular formula is C16H15BrN2O. The van der Waals surface area contributed by atoms with Gasteiger partial charge in [-0.25, -0.2) is 0 Å². The third-order valence-corrected chi connectivity index (χ3v) is 3.77. The summed E-state index contributed by atoms with van der Waals surface area (Å²) >= 11 is 3.45. The van der Waals surface area contributed by atoms with E-state index in [1.54, 1.807) is 0 Å². The molecule has 0 saturated carbocycles. The first-order valence-corrected chi connectivity index (χ1v) is 7.28. The Balaban J connectivity index is 1.72. The van der Waals surface area contributed by atoms with Crippen molar-refractivity contribution in [2.24, 2.45) is 0 Å². The van der Waals surface area contributed by atoms with Crippen LogP contribution in [0.15, 0.2) is 57.5 Å². The topological polar surface area (TPSA) is 29.3 Å². The largest absolute Gasteiger partial charge is 0.356 e. The van der Waals surface area contributed by atoms with Gasteiger partial charge in [-0.15, -0.1) is 0 Å². The number of rotatable bonds is 4. The lowest BCUT2D eigenvalue weighted by Crippen LogP contribution is -2.17. The van der Waals surface area contributed by atoms with Crippen LogP contribution in [0.4, 0.5) is 0 Å². The van der Waals surface area contributed by atoms with Gasteiger partial charge in [-0.1, -0.05) is 45.4 Å². The maximum atomic E-state index is 5.33. The molecule has 0 bridgehead atoms. The first kappa shape index (κ1) is 13.3. The molecule has 3 rings (SSSR count). The minimum atomic E-state index is 0.771. The van der Waals surface area contributed by atoms with E-state index in [-0.39, 0.29) is 0 Å². The highest BCUT2D eigenvalue weighted by atomic mass is 79.9. The normalized spacial score (nSPS) is 11.3. The average Bonchev–Trinajstić information content (AvgIpc) is 2.85. The van der Waals surface area contributed by atoms with Crippen LogP contribution in [0.1, 0.15) is 11.3 Å². The lowest BCUT2D eigenvalue weighted by Gasteiger charge is -2.15. The summed E-state index contributed by atoms with van der Waals surface area (Å²) < 4.78 is 6.44. The van der Waals surface area contributed by atoms with Crippen LogP contribution in [0.2, 0.25) is 0 Å². The van der Waals surface area contributed by atoms with Crippen molar-refractivity contribution >= 4 is 26.9 Å². The summed E-state index contributed by atoms with van der Waals surface area (Å²) in [5.41, 5.74) is 3.11. The Kier molecular flexibility index (Phi) is 3.85. The standard InChI is InChI=1S/C16H15BrN2O/c1-19(10-12-6-8-13(17)9-7-12)11-15-14-4-2-3-5-16(14)20-18-15/h2-9H,10-11H2,1H3. The molecule has 0 aliphatic heterocycles. The quantitative estimate of drug-likeness (QED) is 0.717. The van der Waals surface area contributed by atoms with E-state index in [2.05, 4.69) is 63.4 Å². The summed E-state index contributed by atoms with van der Waals surface area (Å²) in [6.45, 7) is 1.65. The van der Waals surface area contributed by atoms with E-state index in [9.17, 15) is 0 Å². The molecular weight excluding hydrogens is 316 g/mol. The van der Waals surface area contributed by atoms with Crippen molar-refractivity contribution in [3.8, 4) is 0 Å². The zero-order valence-corrected chi connectivity index (χ0v) is 12.8. The molecule has 0 aliphatic rings. The zero-order valence-electron chi connectivity index (χ0n) is 11.2. The van der Waals surface area contributed by atoms with Crippen molar-refractivity contribution in [1.82, 2.24) is 10.1 Å². The Morgan fingerprint density at radius 1 is 1.05 bits per heavy atom. The van der Waals surface area contributed by atoms with Crippen molar-refractivity contribution in [2.75, 3.05) is 7.05 Å². The molecule has 2 aromatic carbocycles. The molecule has 0 N–H and O–H groups in total. The smallest absolute Gasteiger partial charge is 0.167 e. The number of fused-ring (bicyclic) bond motifs is 1. The van der Waals surface area contributed by atoms with Gasteiger partial charge >= 0.3 is 0 Å². The van der Waals surface area contributed by atoms with Crippen molar-refractivity contribution in [3.63, 3.8) is 0 Å². The molecule has 1 heterocycles. The second-order valence-electron chi connectivity index (χ2n) is 4.92. The maximum absolute atomic E-state index is 5.33. The summed E-state index contributed by atoms with van der Waals surface area (Å²) in [5, 5.41) is 5.26. The number of aromatic nitrogens is 1. The van der Waals surface area contributed by atoms with Crippen LogP contribution in [-0.2, 0) is 13.1 Å². The van der Waals surface area contributed by atoms with Crippen molar-refractivity contribution in [1.29, 1.82) is 0 Å². The monoisotopic (exact) mass is 330 g/mol. The van der Waals surface area contributed by atoms with Gasteiger partial charge in [0.15, 0.2) is 5.58 Å². The van der Waals surface area contributed by atoms with Crippen LogP contribution in [0, 0.1) is 0 Å². The molecule has 0 radical (unpaired) electrons. The van der Waals surface area contributed by atoms with Gasteiger partial charge in [-0.05, 0) is 36.9 Å². The van der Waals surface area contributed by atoms with Gasteiger partial charge < -0.3 is 4.52 Å². The lowest BCUT2D eigenvalue weighted by molar-refractivity contribution is 0.306. The Hall–Kier alpha value is -1.65. The fourth-order valence-corrected chi connectivity index (χ4v) is 2.53. The van der Waals surface area contributed by atoms with Gasteiger partial charge in [0.1, 0.15) is 5.69 Å². The summed E-state index contributed by atoms with van der Waals surface area (Å²) in [5.74, 6) is 0. The Morgan fingerprint density at radius 3 is 2.60 bits per heavy atom. The fourth-order valence-electron chi connectivity index (χ4n) is 2.27. The van der Waals surface area contributed by atoms with Gasteiger partial charge in [0.05, 0.1) is 0 Å². The number of nitrogens with zero attached hydrogens (tertiary/aromatic N) is 2. The Morgan fingerprint density at radius 2 is 1.80 bits per heavy atom. The van der Waals surface area contributed by atoms with E-state index in [4.69, 9.17) is 4.52 Å². The van der Waals surface area contributed by atoms with Crippen molar-refractivity contribution < 1.29 is 4.52 Å². The third-order valence-electron chi connectivity index (χ3n) is 3.24. The van der Waals surface area contributed by atoms with Gasteiger partial charge in [0, 0.05) is 22.9 Å². The molecule has 0 unspecified atom stereocenters. The predicted octanol–water partition coefficient (Wildman–Crippen LogP) is 4.22. The summed E-state index contributed by atoms with van der Waals surface area (Å²) in [4.78, 5) is 2.23. The number of para-hydroxylation sites is 1. The van der Waals surface area contributed by atoms with E-state index >= 15 is 0 Å². The third kappa shape index (κ3) is 2.92. The molecule has 0 spiro atoms. The summed E-state index contributed by atoms with van der Waals surface area (Å²) in [7, 11) is 2.09. The second kappa shape index (κ2) is 5.77. The van der Waals surface area contributed by atoms with Crippen LogP contribution >= 0.6 is 15.9 Å². The van der Waals surface area contributed by atoms with E-state index in [0.29, 0.717) is 0 Å². The predicted molar refractivity (Wildman–Crippen MR) is 83.3 cm³/mol. The van der Waals surface area contributed by atoms with Gasteiger partial charge in [-0.3, -0.25) is 4.90 Å². The number of hydrogen-bond donors (Lipinski definition) is 0. The van der Waals surface area contributed by atoms with Crippen LogP contribution in [-0.4, -0.2) is 17.1 Å². The number of hydrogen-bond acceptors (Lipinski definition) is 3. The number of benzene rings is 2. The van der Waals surface area contributed by atoms with Crippen molar-refractivity contribution in [2.45, 2.75) is 13.1 Å². The van der Waals surface area contributed by atoms with Crippen LogP contribution in [0.3, 0.4) is 0 Å². The first-order chi connectivity index (χ1) is 9.72. The molecule has 3 nitrogen and oxygen atoms in total. The summed E-state index contributed by atoms with van der Waals surface area (Å²) in [6, 6.07) is 16.3. The molecule has 1 aromatic heterocycles. The van der Waals surface area contributed by atoms with Gasteiger partial charge in [-0.2, -0.15) is 0 Å². The van der Waals surface area contributed by atoms with E-state index in [1.807, 2.05) is 18.2 Å². The fraction of sp³-hybridized carbons (Fsp3) is 0.188. The van der Waals surface area contributed by atoms with E-state index in [1.165, 1.54) is 5.56 Å². The lowest BCUT2D eigenvalue weighted by atomic mass is 10.2. The molecule has 3 aromatic rings. The minimum absolute atomic E-state index is 0.771. The summed E-state index contributed by atoms with van der Waals surface area (Å²) in [6.07, 6.45) is 0. The molecule has 20 heavy (non-hydrogen) atoms. The SMILES string of the molecule is CN(Cc1ccc(Br)cc1)Cc1noc2ccccc12. The zero-order chi connectivity index (χ0) is 13.9. The Labute approximate surface area is 126 Å². The minimum Gasteiger partial charge on any atom is -0.356 e.